The topological polar surface area (TPSA) is 108 Å². The van der Waals surface area contributed by atoms with E-state index in [0.29, 0.717) is 11.2 Å². The highest BCUT2D eigenvalue weighted by Crippen LogP contribution is 2.19. The van der Waals surface area contributed by atoms with Gasteiger partial charge < -0.3 is 10.1 Å². The Hall–Kier alpha value is -4.44. The fourth-order valence-corrected chi connectivity index (χ4v) is 3.03. The number of rotatable bonds is 4. The monoisotopic (exact) mass is 410 g/mol. The fraction of sp³-hybridized carbons (Fsp3) is 0.0833. The Morgan fingerprint density at radius 1 is 1.00 bits per heavy atom. The van der Waals surface area contributed by atoms with Crippen LogP contribution in [0.25, 0.3) is 11.0 Å². The van der Waals surface area contributed by atoms with Crippen LogP contribution in [0, 0.1) is 11.8 Å². The number of fused-ring (bicyclic) bond motifs is 1. The summed E-state index contributed by atoms with van der Waals surface area (Å²) in [6.45, 7) is 2.09. The fourth-order valence-electron chi connectivity index (χ4n) is 3.03. The number of carboxylic acid groups (broad SMARTS) is 1. The molecule has 2 heterocycles. The van der Waals surface area contributed by atoms with E-state index in [-0.39, 0.29) is 22.7 Å². The number of aromatic nitrogens is 3. The molecule has 0 fully saturated rings. The van der Waals surface area contributed by atoms with E-state index >= 15 is 0 Å². The van der Waals surface area contributed by atoms with Crippen molar-refractivity contribution in [1.82, 2.24) is 15.0 Å². The summed E-state index contributed by atoms with van der Waals surface area (Å²) >= 11 is 0. The summed E-state index contributed by atoms with van der Waals surface area (Å²) in [5.41, 5.74) is 3.58. The highest BCUT2D eigenvalue weighted by molar-refractivity contribution is 6.04. The Bertz CT molecular complexity index is 1340. The highest BCUT2D eigenvalue weighted by Gasteiger charge is 2.15. The maximum absolute atomic E-state index is 12.6. The van der Waals surface area contributed by atoms with Gasteiger partial charge in [-0.1, -0.05) is 37.1 Å². The lowest BCUT2D eigenvalue weighted by Crippen LogP contribution is -2.15. The first-order valence-corrected chi connectivity index (χ1v) is 9.65. The zero-order chi connectivity index (χ0) is 21.8. The minimum absolute atomic E-state index is 0.0524. The van der Waals surface area contributed by atoms with Gasteiger partial charge in [0.05, 0.1) is 11.1 Å². The van der Waals surface area contributed by atoms with Crippen LogP contribution >= 0.6 is 0 Å². The van der Waals surface area contributed by atoms with Gasteiger partial charge in [-0.2, -0.15) is 0 Å². The molecule has 0 bridgehead atoms. The van der Waals surface area contributed by atoms with Crippen molar-refractivity contribution < 1.29 is 14.7 Å². The molecule has 152 valence electrons. The molecule has 7 nitrogen and oxygen atoms in total. The number of H-pyrrole nitrogens is 1. The lowest BCUT2D eigenvalue weighted by molar-refractivity contribution is 0.0698. The summed E-state index contributed by atoms with van der Waals surface area (Å²) in [6.07, 6.45) is 0.968. The van der Waals surface area contributed by atoms with E-state index in [4.69, 9.17) is 0 Å². The van der Waals surface area contributed by atoms with Crippen LogP contribution in [0.2, 0.25) is 0 Å². The summed E-state index contributed by atoms with van der Waals surface area (Å²) in [6, 6.07) is 17.7. The average molecular weight is 410 g/mol. The first-order valence-electron chi connectivity index (χ1n) is 9.65. The highest BCUT2D eigenvalue weighted by atomic mass is 16.4. The van der Waals surface area contributed by atoms with Crippen molar-refractivity contribution in [1.29, 1.82) is 0 Å². The number of aromatic amines is 1. The van der Waals surface area contributed by atoms with Gasteiger partial charge in [-0.05, 0) is 54.3 Å². The van der Waals surface area contributed by atoms with E-state index < -0.39 is 11.9 Å². The first kappa shape index (κ1) is 19.9. The molecule has 3 N–H and O–H groups in total. The van der Waals surface area contributed by atoms with Gasteiger partial charge in [0.2, 0.25) is 5.95 Å². The van der Waals surface area contributed by atoms with Crippen LogP contribution in [0.5, 0.6) is 0 Å². The number of carbonyl (C=O) groups is 2. The van der Waals surface area contributed by atoms with E-state index in [1.165, 1.54) is 11.6 Å². The molecule has 2 aromatic heterocycles. The molecule has 31 heavy (non-hydrogen) atoms. The van der Waals surface area contributed by atoms with Crippen molar-refractivity contribution in [3.63, 3.8) is 0 Å². The molecule has 0 saturated carbocycles. The SMILES string of the molecule is CCc1ccc(C#Cc2cccc(C(=O)Nc3nc4c(C(=O)O)cccc4[nH]3)n2)cc1. The van der Waals surface area contributed by atoms with E-state index in [1.54, 1.807) is 30.3 Å². The van der Waals surface area contributed by atoms with Crippen LogP contribution in [0.15, 0.2) is 60.7 Å². The van der Waals surface area contributed by atoms with E-state index in [0.717, 1.165) is 12.0 Å². The van der Waals surface area contributed by atoms with Crippen molar-refractivity contribution in [2.45, 2.75) is 13.3 Å². The van der Waals surface area contributed by atoms with Gasteiger partial charge in [-0.15, -0.1) is 0 Å². The number of carboxylic acids is 1. The van der Waals surface area contributed by atoms with Gasteiger partial charge in [-0.25, -0.2) is 14.8 Å². The Labute approximate surface area is 178 Å². The number of amides is 1. The van der Waals surface area contributed by atoms with Gasteiger partial charge >= 0.3 is 5.97 Å². The molecule has 7 heteroatoms. The first-order chi connectivity index (χ1) is 15.0. The number of aromatic carboxylic acids is 1. The number of anilines is 1. The summed E-state index contributed by atoms with van der Waals surface area (Å²) < 4.78 is 0. The molecule has 0 aliphatic carbocycles. The van der Waals surface area contributed by atoms with Crippen molar-refractivity contribution in [2.75, 3.05) is 5.32 Å². The number of hydrogen-bond acceptors (Lipinski definition) is 4. The number of nitrogens with zero attached hydrogens (tertiary/aromatic N) is 2. The number of benzene rings is 2. The lowest BCUT2D eigenvalue weighted by atomic mass is 10.1. The number of para-hydroxylation sites is 1. The number of nitrogens with one attached hydrogen (secondary N) is 2. The van der Waals surface area contributed by atoms with Crippen molar-refractivity contribution in [3.05, 3.63) is 88.7 Å². The third kappa shape index (κ3) is 4.43. The molecule has 0 atom stereocenters. The molecule has 0 radical (unpaired) electrons. The van der Waals surface area contributed by atoms with Crippen LogP contribution in [-0.4, -0.2) is 31.9 Å². The van der Waals surface area contributed by atoms with Crippen molar-refractivity contribution in [3.8, 4) is 11.8 Å². The second kappa shape index (κ2) is 8.51. The number of pyridine rings is 1. The zero-order valence-electron chi connectivity index (χ0n) is 16.6. The predicted molar refractivity (Wildman–Crippen MR) is 117 cm³/mol. The molecular weight excluding hydrogens is 392 g/mol. The Balaban J connectivity index is 1.53. The lowest BCUT2D eigenvalue weighted by Gasteiger charge is -2.01. The van der Waals surface area contributed by atoms with Gasteiger partial charge in [0.1, 0.15) is 16.9 Å². The van der Waals surface area contributed by atoms with Gasteiger partial charge in [-0.3, -0.25) is 10.1 Å². The molecule has 0 spiro atoms. The number of carbonyl (C=O) groups excluding carboxylic acids is 1. The summed E-state index contributed by atoms with van der Waals surface area (Å²) in [4.78, 5) is 35.3. The standard InChI is InChI=1S/C24H18N4O3/c1-2-15-9-11-16(12-10-15)13-14-17-5-3-8-20(25-17)22(29)28-24-26-19-7-4-6-18(23(30)31)21(19)27-24/h3-12H,2H2,1H3,(H,30,31)(H2,26,27,28,29). The maximum Gasteiger partial charge on any atom is 0.337 e. The smallest absolute Gasteiger partial charge is 0.337 e. The minimum Gasteiger partial charge on any atom is -0.478 e. The molecule has 4 rings (SSSR count). The van der Waals surface area contributed by atoms with E-state index in [9.17, 15) is 14.7 Å². The van der Waals surface area contributed by atoms with Gasteiger partial charge in [0.25, 0.3) is 5.91 Å². The molecule has 0 unspecified atom stereocenters. The maximum atomic E-state index is 12.6. The summed E-state index contributed by atoms with van der Waals surface area (Å²) in [5, 5.41) is 11.9. The normalized spacial score (nSPS) is 10.4. The number of imidazole rings is 1. The summed E-state index contributed by atoms with van der Waals surface area (Å²) in [5.74, 6) is 4.58. The molecular formula is C24H18N4O3. The molecule has 4 aromatic rings. The van der Waals surface area contributed by atoms with Gasteiger partial charge in [0.15, 0.2) is 0 Å². The largest absolute Gasteiger partial charge is 0.478 e. The predicted octanol–water partition coefficient (Wildman–Crippen LogP) is 3.87. The minimum atomic E-state index is -1.09. The van der Waals surface area contributed by atoms with Crippen molar-refractivity contribution >= 4 is 28.9 Å². The van der Waals surface area contributed by atoms with E-state index in [2.05, 4.69) is 39.0 Å². The average Bonchev–Trinajstić information content (AvgIpc) is 3.20. The number of hydrogen-bond donors (Lipinski definition) is 3. The second-order valence-electron chi connectivity index (χ2n) is 6.75. The van der Waals surface area contributed by atoms with Crippen LogP contribution < -0.4 is 5.32 Å². The van der Waals surface area contributed by atoms with Crippen LogP contribution in [-0.2, 0) is 6.42 Å². The van der Waals surface area contributed by atoms with Crippen LogP contribution in [0.1, 0.15) is 44.6 Å². The quantitative estimate of drug-likeness (QED) is 0.443. The second-order valence-corrected chi connectivity index (χ2v) is 6.75. The molecule has 1 amide bonds. The number of aryl methyl sites for hydroxylation is 1. The van der Waals surface area contributed by atoms with Crippen LogP contribution in [0.3, 0.4) is 0 Å². The zero-order valence-corrected chi connectivity index (χ0v) is 16.6. The third-order valence-electron chi connectivity index (χ3n) is 4.65. The van der Waals surface area contributed by atoms with E-state index in [1.807, 2.05) is 24.3 Å². The van der Waals surface area contributed by atoms with Crippen molar-refractivity contribution in [2.24, 2.45) is 0 Å². The third-order valence-corrected chi connectivity index (χ3v) is 4.65. The van der Waals surface area contributed by atoms with Gasteiger partial charge in [0, 0.05) is 5.56 Å². The Morgan fingerprint density at radius 3 is 2.52 bits per heavy atom. The molecule has 2 aromatic carbocycles. The molecule has 0 saturated heterocycles. The molecule has 0 aliphatic rings. The molecule has 0 aliphatic heterocycles. The Morgan fingerprint density at radius 2 is 1.77 bits per heavy atom. The summed E-state index contributed by atoms with van der Waals surface area (Å²) in [7, 11) is 0. The Kier molecular flexibility index (Phi) is 5.45. The van der Waals surface area contributed by atoms with Crippen LogP contribution in [0.4, 0.5) is 5.95 Å².